The summed E-state index contributed by atoms with van der Waals surface area (Å²) in [6, 6.07) is 6.05. The molecular formula is C15H21N3O2. The van der Waals surface area contributed by atoms with E-state index >= 15 is 0 Å². The van der Waals surface area contributed by atoms with Crippen LogP contribution in [0, 0.1) is 6.92 Å². The molecule has 5 heteroatoms. The lowest BCUT2D eigenvalue weighted by molar-refractivity contribution is -0.131. The first-order valence-corrected chi connectivity index (χ1v) is 6.84. The Kier molecular flexibility index (Phi) is 4.39. The standard InChI is InChI=1S/C15H21N3O2/c1-5-20-10(2)15(19)16-9-12-6-7-14-13(8-12)17-11(3)18(14)4/h6-8,10H,5,9H2,1-4H3,(H,16,19). The maximum Gasteiger partial charge on any atom is 0.249 e. The third-order valence-corrected chi connectivity index (χ3v) is 3.42. The number of carbonyl (C=O) groups excluding carboxylic acids is 1. The molecule has 0 saturated heterocycles. The number of aryl methyl sites for hydroxylation is 2. The monoisotopic (exact) mass is 275 g/mol. The maximum atomic E-state index is 11.8. The van der Waals surface area contributed by atoms with E-state index in [2.05, 4.69) is 14.9 Å². The van der Waals surface area contributed by atoms with Crippen molar-refractivity contribution in [3.63, 3.8) is 0 Å². The molecule has 1 aromatic heterocycles. The van der Waals surface area contributed by atoms with Gasteiger partial charge in [-0.15, -0.1) is 0 Å². The highest BCUT2D eigenvalue weighted by Crippen LogP contribution is 2.16. The van der Waals surface area contributed by atoms with Crippen molar-refractivity contribution in [2.24, 2.45) is 7.05 Å². The van der Waals surface area contributed by atoms with Crippen LogP contribution in [0.2, 0.25) is 0 Å². The molecule has 2 aromatic rings. The van der Waals surface area contributed by atoms with Gasteiger partial charge in [0.25, 0.3) is 0 Å². The van der Waals surface area contributed by atoms with E-state index in [1.807, 2.05) is 39.1 Å². The van der Waals surface area contributed by atoms with Crippen LogP contribution in [0.25, 0.3) is 11.0 Å². The third-order valence-electron chi connectivity index (χ3n) is 3.42. The summed E-state index contributed by atoms with van der Waals surface area (Å²) < 4.78 is 7.30. The first-order chi connectivity index (χ1) is 9.52. The summed E-state index contributed by atoms with van der Waals surface area (Å²) in [5.74, 6) is 0.885. The van der Waals surface area contributed by atoms with Gasteiger partial charge in [0.1, 0.15) is 11.9 Å². The quantitative estimate of drug-likeness (QED) is 0.907. The van der Waals surface area contributed by atoms with Gasteiger partial charge in [0.2, 0.25) is 5.91 Å². The molecular weight excluding hydrogens is 254 g/mol. The number of benzene rings is 1. The van der Waals surface area contributed by atoms with Crippen LogP contribution in [0.1, 0.15) is 25.2 Å². The molecule has 0 aliphatic carbocycles. The van der Waals surface area contributed by atoms with Gasteiger partial charge in [0.15, 0.2) is 0 Å². The molecule has 20 heavy (non-hydrogen) atoms. The van der Waals surface area contributed by atoms with Crippen LogP contribution in [-0.4, -0.2) is 28.2 Å². The van der Waals surface area contributed by atoms with Crippen LogP contribution in [0.3, 0.4) is 0 Å². The highest BCUT2D eigenvalue weighted by Gasteiger charge is 2.12. The molecule has 1 heterocycles. The van der Waals surface area contributed by atoms with E-state index in [-0.39, 0.29) is 5.91 Å². The minimum Gasteiger partial charge on any atom is -0.369 e. The molecule has 0 bridgehead atoms. The first-order valence-electron chi connectivity index (χ1n) is 6.84. The predicted molar refractivity (Wildman–Crippen MR) is 78.4 cm³/mol. The number of amides is 1. The summed E-state index contributed by atoms with van der Waals surface area (Å²) in [5, 5.41) is 2.87. The fourth-order valence-electron chi connectivity index (χ4n) is 2.13. The van der Waals surface area contributed by atoms with E-state index in [0.29, 0.717) is 13.2 Å². The zero-order valence-electron chi connectivity index (χ0n) is 12.4. The van der Waals surface area contributed by atoms with Crippen molar-refractivity contribution in [1.29, 1.82) is 0 Å². The molecule has 1 unspecified atom stereocenters. The Labute approximate surface area is 118 Å². The summed E-state index contributed by atoms with van der Waals surface area (Å²) in [5.41, 5.74) is 3.09. The molecule has 5 nitrogen and oxygen atoms in total. The van der Waals surface area contributed by atoms with Crippen LogP contribution >= 0.6 is 0 Å². The van der Waals surface area contributed by atoms with Crippen molar-refractivity contribution in [2.45, 2.75) is 33.4 Å². The van der Waals surface area contributed by atoms with Gasteiger partial charge in [0, 0.05) is 20.2 Å². The number of carbonyl (C=O) groups is 1. The number of hydrogen-bond acceptors (Lipinski definition) is 3. The van der Waals surface area contributed by atoms with Crippen molar-refractivity contribution in [3.05, 3.63) is 29.6 Å². The van der Waals surface area contributed by atoms with Crippen LogP contribution in [0.15, 0.2) is 18.2 Å². The summed E-state index contributed by atoms with van der Waals surface area (Å²) in [7, 11) is 2.00. The number of fused-ring (bicyclic) bond motifs is 1. The lowest BCUT2D eigenvalue weighted by atomic mass is 10.2. The minimum absolute atomic E-state index is 0.0934. The first kappa shape index (κ1) is 14.5. The highest BCUT2D eigenvalue weighted by atomic mass is 16.5. The van der Waals surface area contributed by atoms with E-state index in [0.717, 1.165) is 22.4 Å². The average Bonchev–Trinajstić information content (AvgIpc) is 2.71. The highest BCUT2D eigenvalue weighted by molar-refractivity contribution is 5.80. The van der Waals surface area contributed by atoms with Crippen LogP contribution < -0.4 is 5.32 Å². The van der Waals surface area contributed by atoms with Gasteiger partial charge in [-0.25, -0.2) is 4.98 Å². The average molecular weight is 275 g/mol. The third kappa shape index (κ3) is 2.99. The summed E-state index contributed by atoms with van der Waals surface area (Å²) in [6.07, 6.45) is -0.416. The molecule has 0 radical (unpaired) electrons. The van der Waals surface area contributed by atoms with Crippen LogP contribution in [-0.2, 0) is 23.1 Å². The molecule has 0 aliphatic rings. The van der Waals surface area contributed by atoms with Gasteiger partial charge >= 0.3 is 0 Å². The van der Waals surface area contributed by atoms with Crippen molar-refractivity contribution in [2.75, 3.05) is 6.61 Å². The Morgan fingerprint density at radius 1 is 1.50 bits per heavy atom. The second-order valence-corrected chi connectivity index (χ2v) is 4.86. The fourth-order valence-corrected chi connectivity index (χ4v) is 2.13. The number of rotatable bonds is 5. The molecule has 2 rings (SSSR count). The second kappa shape index (κ2) is 6.05. The molecule has 1 aromatic carbocycles. The molecule has 0 aliphatic heterocycles. The number of ether oxygens (including phenoxy) is 1. The molecule has 108 valence electrons. The topological polar surface area (TPSA) is 56.1 Å². The summed E-state index contributed by atoms with van der Waals surface area (Å²) in [6.45, 7) is 6.63. The second-order valence-electron chi connectivity index (χ2n) is 4.86. The number of imidazole rings is 1. The lowest BCUT2D eigenvalue weighted by Gasteiger charge is -2.12. The largest absolute Gasteiger partial charge is 0.369 e. The maximum absolute atomic E-state index is 11.8. The Morgan fingerprint density at radius 2 is 2.25 bits per heavy atom. The van der Waals surface area contributed by atoms with Crippen LogP contribution in [0.5, 0.6) is 0 Å². The number of hydrogen-bond donors (Lipinski definition) is 1. The van der Waals surface area contributed by atoms with E-state index in [9.17, 15) is 4.79 Å². The molecule has 0 saturated carbocycles. The SMILES string of the molecule is CCOC(C)C(=O)NCc1ccc2c(c1)nc(C)n2C. The Hall–Kier alpha value is -1.88. The molecule has 0 spiro atoms. The van der Waals surface area contributed by atoms with Gasteiger partial charge < -0.3 is 14.6 Å². The van der Waals surface area contributed by atoms with E-state index in [4.69, 9.17) is 4.74 Å². The minimum atomic E-state index is -0.416. The van der Waals surface area contributed by atoms with Gasteiger partial charge in [-0.2, -0.15) is 0 Å². The van der Waals surface area contributed by atoms with E-state index < -0.39 is 6.10 Å². The van der Waals surface area contributed by atoms with Crippen molar-refractivity contribution >= 4 is 16.9 Å². The lowest BCUT2D eigenvalue weighted by Crippen LogP contribution is -2.34. The van der Waals surface area contributed by atoms with Gasteiger partial charge in [0.05, 0.1) is 11.0 Å². The van der Waals surface area contributed by atoms with Gasteiger partial charge in [-0.1, -0.05) is 6.07 Å². The molecule has 0 fully saturated rings. The Bertz CT molecular complexity index is 619. The molecule has 1 atom stereocenters. The van der Waals surface area contributed by atoms with E-state index in [1.54, 1.807) is 6.92 Å². The van der Waals surface area contributed by atoms with Crippen molar-refractivity contribution in [1.82, 2.24) is 14.9 Å². The molecule has 1 N–H and O–H groups in total. The Morgan fingerprint density at radius 3 is 2.95 bits per heavy atom. The predicted octanol–water partition coefficient (Wildman–Crippen LogP) is 1.92. The van der Waals surface area contributed by atoms with E-state index in [1.165, 1.54) is 0 Å². The smallest absolute Gasteiger partial charge is 0.249 e. The number of aromatic nitrogens is 2. The summed E-state index contributed by atoms with van der Waals surface area (Å²) in [4.78, 5) is 16.3. The zero-order valence-corrected chi connectivity index (χ0v) is 12.4. The number of nitrogens with one attached hydrogen (secondary N) is 1. The molecule has 1 amide bonds. The Balaban J connectivity index is 2.05. The normalized spacial score (nSPS) is 12.6. The van der Waals surface area contributed by atoms with Crippen LogP contribution in [0.4, 0.5) is 0 Å². The van der Waals surface area contributed by atoms with Crippen molar-refractivity contribution in [3.8, 4) is 0 Å². The van der Waals surface area contributed by atoms with Gasteiger partial charge in [-0.3, -0.25) is 4.79 Å². The number of nitrogens with zero attached hydrogens (tertiary/aromatic N) is 2. The summed E-state index contributed by atoms with van der Waals surface area (Å²) >= 11 is 0. The zero-order chi connectivity index (χ0) is 14.7. The van der Waals surface area contributed by atoms with Gasteiger partial charge in [-0.05, 0) is 38.5 Å². The fraction of sp³-hybridized carbons (Fsp3) is 0.467. The van der Waals surface area contributed by atoms with Crippen molar-refractivity contribution < 1.29 is 9.53 Å².